The van der Waals surface area contributed by atoms with Gasteiger partial charge in [0, 0.05) is 64.9 Å². The number of hydrogen-bond donors (Lipinski definition) is 2. The quantitative estimate of drug-likeness (QED) is 0.504. The van der Waals surface area contributed by atoms with E-state index in [-0.39, 0.29) is 11.9 Å². The number of fused-ring (bicyclic) bond motifs is 3. The molecule has 30 heavy (non-hydrogen) atoms. The number of morpholine rings is 1. The first kappa shape index (κ1) is 21.5. The maximum Gasteiger partial charge on any atom is 0.191 e. The average molecular weight is 419 g/mol. The Kier molecular flexibility index (Phi) is 7.54. The summed E-state index contributed by atoms with van der Waals surface area (Å²) in [6.45, 7) is 13.5. The van der Waals surface area contributed by atoms with E-state index in [9.17, 15) is 4.39 Å². The van der Waals surface area contributed by atoms with Gasteiger partial charge in [-0.25, -0.2) is 4.39 Å². The van der Waals surface area contributed by atoms with E-state index in [2.05, 4.69) is 32.3 Å². The first-order chi connectivity index (χ1) is 14.7. The van der Waals surface area contributed by atoms with Crippen LogP contribution >= 0.6 is 0 Å². The summed E-state index contributed by atoms with van der Waals surface area (Å²) < 4.78 is 19.0. The van der Waals surface area contributed by atoms with Crippen LogP contribution in [0.25, 0.3) is 0 Å². The van der Waals surface area contributed by atoms with Gasteiger partial charge in [0.05, 0.1) is 25.8 Å². The van der Waals surface area contributed by atoms with Gasteiger partial charge in [0.1, 0.15) is 5.82 Å². The summed E-state index contributed by atoms with van der Waals surface area (Å²) in [4.78, 5) is 12.5. The average Bonchev–Trinajstić information content (AvgIpc) is 2.80. The van der Waals surface area contributed by atoms with Gasteiger partial charge < -0.3 is 15.4 Å². The second kappa shape index (κ2) is 10.5. The third-order valence-electron chi connectivity index (χ3n) is 6.41. The number of aliphatic imine (C=N–C) groups is 1. The Hall–Kier alpha value is -1.74. The molecule has 2 N–H and O–H groups in total. The van der Waals surface area contributed by atoms with Crippen LogP contribution in [-0.4, -0.2) is 105 Å². The Morgan fingerprint density at radius 2 is 1.83 bits per heavy atom. The molecule has 7 nitrogen and oxygen atoms in total. The van der Waals surface area contributed by atoms with Crippen LogP contribution in [0.2, 0.25) is 0 Å². The molecular weight excluding hydrogens is 383 g/mol. The molecule has 4 heterocycles. The summed E-state index contributed by atoms with van der Waals surface area (Å²) in [5.74, 6) is 0.654. The van der Waals surface area contributed by atoms with E-state index in [0.29, 0.717) is 12.6 Å². The van der Waals surface area contributed by atoms with Crippen LogP contribution in [0, 0.1) is 5.82 Å². The number of halogens is 1. The molecule has 4 fully saturated rings. The zero-order valence-corrected chi connectivity index (χ0v) is 18.0. The van der Waals surface area contributed by atoms with E-state index >= 15 is 0 Å². The van der Waals surface area contributed by atoms with Gasteiger partial charge in [-0.1, -0.05) is 12.1 Å². The lowest BCUT2D eigenvalue weighted by molar-refractivity contribution is 0.0153. The van der Waals surface area contributed by atoms with E-state index in [1.54, 1.807) is 0 Å². The SMILES string of the molecule is CCNC(=NCC(c1ccc(F)cc1)N1CCOCC1)NCC1CN2CCN1CC2. The van der Waals surface area contributed by atoms with Crippen molar-refractivity contribution >= 4 is 5.96 Å². The van der Waals surface area contributed by atoms with Crippen LogP contribution in [0.3, 0.4) is 0 Å². The Morgan fingerprint density at radius 1 is 1.10 bits per heavy atom. The van der Waals surface area contributed by atoms with Crippen molar-refractivity contribution in [3.63, 3.8) is 0 Å². The molecule has 4 aliphatic rings. The Labute approximate surface area is 179 Å². The number of ether oxygens (including phenoxy) is 1. The van der Waals surface area contributed by atoms with Crippen LogP contribution in [0.5, 0.6) is 0 Å². The largest absolute Gasteiger partial charge is 0.379 e. The molecule has 8 heteroatoms. The minimum Gasteiger partial charge on any atom is -0.379 e. The van der Waals surface area contributed by atoms with Crippen molar-refractivity contribution in [1.29, 1.82) is 0 Å². The molecule has 1 aromatic carbocycles. The maximum atomic E-state index is 13.5. The van der Waals surface area contributed by atoms with E-state index < -0.39 is 0 Å². The van der Waals surface area contributed by atoms with Crippen molar-refractivity contribution in [1.82, 2.24) is 25.3 Å². The topological polar surface area (TPSA) is 55.4 Å². The number of nitrogens with zero attached hydrogens (tertiary/aromatic N) is 4. The lowest BCUT2D eigenvalue weighted by Gasteiger charge is -2.47. The fourth-order valence-electron chi connectivity index (χ4n) is 4.66. The summed E-state index contributed by atoms with van der Waals surface area (Å²) in [6, 6.07) is 7.50. The van der Waals surface area contributed by atoms with Crippen molar-refractivity contribution in [3.8, 4) is 0 Å². The molecule has 0 spiro atoms. The number of piperazine rings is 3. The number of guanidine groups is 1. The van der Waals surface area contributed by atoms with Crippen LogP contribution in [0.4, 0.5) is 4.39 Å². The molecule has 166 valence electrons. The molecule has 4 saturated heterocycles. The molecule has 0 amide bonds. The van der Waals surface area contributed by atoms with Crippen LogP contribution < -0.4 is 10.6 Å². The fraction of sp³-hybridized carbons (Fsp3) is 0.682. The highest BCUT2D eigenvalue weighted by molar-refractivity contribution is 5.79. The van der Waals surface area contributed by atoms with E-state index in [1.807, 2.05) is 12.1 Å². The van der Waals surface area contributed by atoms with Crippen LogP contribution in [-0.2, 0) is 4.74 Å². The van der Waals surface area contributed by atoms with Gasteiger partial charge in [0.25, 0.3) is 0 Å². The molecule has 0 aliphatic carbocycles. The highest BCUT2D eigenvalue weighted by Gasteiger charge is 2.31. The first-order valence-electron chi connectivity index (χ1n) is 11.3. The molecule has 5 rings (SSSR count). The van der Waals surface area contributed by atoms with Crippen molar-refractivity contribution in [2.24, 2.45) is 4.99 Å². The number of nitrogens with one attached hydrogen (secondary N) is 2. The van der Waals surface area contributed by atoms with Gasteiger partial charge in [0.2, 0.25) is 0 Å². The summed E-state index contributed by atoms with van der Waals surface area (Å²) in [7, 11) is 0. The lowest BCUT2D eigenvalue weighted by atomic mass is 10.0. The van der Waals surface area contributed by atoms with Gasteiger partial charge in [-0.05, 0) is 24.6 Å². The van der Waals surface area contributed by atoms with Gasteiger partial charge in [-0.3, -0.25) is 19.7 Å². The molecule has 2 atom stereocenters. The van der Waals surface area contributed by atoms with Gasteiger partial charge >= 0.3 is 0 Å². The monoisotopic (exact) mass is 418 g/mol. The summed E-state index contributed by atoms with van der Waals surface area (Å²) in [5.41, 5.74) is 1.10. The molecule has 4 aliphatic heterocycles. The zero-order chi connectivity index (χ0) is 20.8. The smallest absolute Gasteiger partial charge is 0.191 e. The predicted molar refractivity (Wildman–Crippen MR) is 117 cm³/mol. The molecule has 2 unspecified atom stereocenters. The molecule has 0 aromatic heterocycles. The predicted octanol–water partition coefficient (Wildman–Crippen LogP) is 0.754. The number of benzene rings is 1. The normalized spacial score (nSPS) is 28.3. The Balaban J connectivity index is 1.41. The summed E-state index contributed by atoms with van der Waals surface area (Å²) >= 11 is 0. The van der Waals surface area contributed by atoms with E-state index in [0.717, 1.165) is 57.5 Å². The zero-order valence-electron chi connectivity index (χ0n) is 18.0. The lowest BCUT2D eigenvalue weighted by Crippen LogP contribution is -2.63. The van der Waals surface area contributed by atoms with Crippen molar-refractivity contribution < 1.29 is 9.13 Å². The van der Waals surface area contributed by atoms with Crippen molar-refractivity contribution in [3.05, 3.63) is 35.6 Å². The molecule has 0 saturated carbocycles. The highest BCUT2D eigenvalue weighted by atomic mass is 19.1. The minimum atomic E-state index is -0.203. The molecule has 0 radical (unpaired) electrons. The van der Waals surface area contributed by atoms with Gasteiger partial charge in [-0.15, -0.1) is 0 Å². The highest BCUT2D eigenvalue weighted by Crippen LogP contribution is 2.23. The van der Waals surface area contributed by atoms with Crippen LogP contribution in [0.15, 0.2) is 29.3 Å². The standard InChI is InChI=1S/C22H35FN6O/c1-2-24-22(25-15-20-17-27-7-9-28(20)10-8-27)26-16-21(29-11-13-30-14-12-29)18-3-5-19(23)6-4-18/h3-6,20-21H,2,7-17H2,1H3,(H2,24,25,26). The van der Waals surface area contributed by atoms with Crippen molar-refractivity contribution in [2.75, 3.05) is 78.7 Å². The van der Waals surface area contributed by atoms with Crippen molar-refractivity contribution in [2.45, 2.75) is 19.0 Å². The van der Waals surface area contributed by atoms with E-state index in [1.165, 1.54) is 38.3 Å². The minimum absolute atomic E-state index is 0.116. The Morgan fingerprint density at radius 3 is 2.47 bits per heavy atom. The number of rotatable bonds is 7. The third kappa shape index (κ3) is 5.49. The van der Waals surface area contributed by atoms with Gasteiger partial charge in [0.15, 0.2) is 5.96 Å². The molecule has 1 aromatic rings. The Bertz CT molecular complexity index is 685. The van der Waals surface area contributed by atoms with E-state index in [4.69, 9.17) is 9.73 Å². The first-order valence-corrected chi connectivity index (χ1v) is 11.3. The molecular formula is C22H35FN6O. The second-order valence-electron chi connectivity index (χ2n) is 8.31. The summed E-state index contributed by atoms with van der Waals surface area (Å²) in [5, 5.41) is 6.95. The summed E-state index contributed by atoms with van der Waals surface area (Å²) in [6.07, 6.45) is 0. The third-order valence-corrected chi connectivity index (χ3v) is 6.41. The van der Waals surface area contributed by atoms with Crippen LogP contribution in [0.1, 0.15) is 18.5 Å². The maximum absolute atomic E-state index is 13.5. The van der Waals surface area contributed by atoms with Gasteiger partial charge in [-0.2, -0.15) is 0 Å². The number of hydrogen-bond acceptors (Lipinski definition) is 5. The fourth-order valence-corrected chi connectivity index (χ4v) is 4.66. The molecule has 2 bridgehead atoms. The second-order valence-corrected chi connectivity index (χ2v) is 8.31.